The van der Waals surface area contributed by atoms with E-state index >= 15 is 0 Å². The van der Waals surface area contributed by atoms with E-state index in [1.54, 1.807) is 17.0 Å². The Kier molecular flexibility index (Phi) is 6.78. The van der Waals surface area contributed by atoms with Gasteiger partial charge in [0.1, 0.15) is 10.6 Å². The number of likely N-dealkylation sites (tertiary alicyclic amines) is 1. The second kappa shape index (κ2) is 8.34. The summed E-state index contributed by atoms with van der Waals surface area (Å²) in [5, 5.41) is 0. The number of ether oxygens (including phenoxy) is 1. The van der Waals surface area contributed by atoms with Crippen LogP contribution in [0.15, 0.2) is 23.1 Å². The molecule has 0 spiro atoms. The van der Waals surface area contributed by atoms with Gasteiger partial charge in [-0.05, 0) is 49.4 Å². The number of nitrogens with zero attached hydrogens (tertiary/aromatic N) is 2. The average Bonchev–Trinajstić information content (AvgIpc) is 3.31. The number of sulfonamides is 1. The Hall–Kier alpha value is -1.35. The Morgan fingerprint density at radius 1 is 1.26 bits per heavy atom. The molecule has 2 fully saturated rings. The molecule has 2 heterocycles. The van der Waals surface area contributed by atoms with Crippen LogP contribution in [0.25, 0.3) is 0 Å². The lowest BCUT2D eigenvalue weighted by Gasteiger charge is -2.23. The largest absolute Gasteiger partial charge is 0.495 e. The molecule has 1 amide bonds. The Bertz CT molecular complexity index is 796. The summed E-state index contributed by atoms with van der Waals surface area (Å²) < 4.78 is 32.6. The third-order valence-corrected chi connectivity index (χ3v) is 7.35. The fourth-order valence-corrected chi connectivity index (χ4v) is 5.32. The van der Waals surface area contributed by atoms with Crippen molar-refractivity contribution in [1.29, 1.82) is 0 Å². The lowest BCUT2D eigenvalue weighted by Crippen LogP contribution is -2.34. The van der Waals surface area contributed by atoms with E-state index in [0.717, 1.165) is 19.3 Å². The summed E-state index contributed by atoms with van der Waals surface area (Å²) in [4.78, 5) is 14.7. The van der Waals surface area contributed by atoms with Gasteiger partial charge in [-0.25, -0.2) is 8.42 Å². The zero-order valence-corrected chi connectivity index (χ0v) is 17.4. The molecule has 2 aliphatic heterocycles. The highest BCUT2D eigenvalue weighted by Crippen LogP contribution is 2.32. The molecule has 0 saturated carbocycles. The Morgan fingerprint density at radius 3 is 2.48 bits per heavy atom. The first kappa shape index (κ1) is 21.9. The van der Waals surface area contributed by atoms with E-state index in [-0.39, 0.29) is 34.4 Å². The van der Waals surface area contributed by atoms with Gasteiger partial charge in [0, 0.05) is 31.7 Å². The first-order valence-corrected chi connectivity index (χ1v) is 10.4. The number of nitrogens with two attached hydrogens (primary N) is 1. The number of hydrogen-bond acceptors (Lipinski definition) is 5. The molecule has 7 nitrogen and oxygen atoms in total. The number of benzene rings is 1. The zero-order valence-electron chi connectivity index (χ0n) is 15.8. The van der Waals surface area contributed by atoms with Crippen LogP contribution in [-0.2, 0) is 10.0 Å². The summed E-state index contributed by atoms with van der Waals surface area (Å²) in [5.74, 6) is 0.101. The van der Waals surface area contributed by atoms with E-state index in [4.69, 9.17) is 10.5 Å². The average molecular weight is 418 g/mol. The molecule has 9 heteroatoms. The van der Waals surface area contributed by atoms with Gasteiger partial charge in [0.15, 0.2) is 0 Å². The van der Waals surface area contributed by atoms with E-state index in [1.807, 2.05) is 0 Å². The highest BCUT2D eigenvalue weighted by atomic mass is 35.5. The molecule has 1 unspecified atom stereocenters. The summed E-state index contributed by atoms with van der Waals surface area (Å²) in [6.07, 6.45) is 2.56. The quantitative estimate of drug-likeness (QED) is 0.787. The van der Waals surface area contributed by atoms with Crippen LogP contribution in [-0.4, -0.2) is 63.4 Å². The molecular weight excluding hydrogens is 390 g/mol. The highest BCUT2D eigenvalue weighted by Gasteiger charge is 2.36. The molecule has 3 rings (SSSR count). The molecule has 1 atom stereocenters. The summed E-state index contributed by atoms with van der Waals surface area (Å²) in [5.41, 5.74) is 6.11. The minimum absolute atomic E-state index is 0. The number of hydrogen-bond donors (Lipinski definition) is 1. The van der Waals surface area contributed by atoms with Gasteiger partial charge in [0.25, 0.3) is 5.91 Å². The van der Waals surface area contributed by atoms with E-state index in [1.165, 1.54) is 17.5 Å². The van der Waals surface area contributed by atoms with Crippen LogP contribution in [0, 0.1) is 5.41 Å². The third kappa shape index (κ3) is 4.23. The molecule has 0 aliphatic carbocycles. The number of halogens is 1. The lowest BCUT2D eigenvalue weighted by atomic mass is 9.90. The molecule has 1 aromatic carbocycles. The molecule has 152 valence electrons. The van der Waals surface area contributed by atoms with Gasteiger partial charge in [0.2, 0.25) is 10.0 Å². The minimum atomic E-state index is -3.67. The van der Waals surface area contributed by atoms with Gasteiger partial charge < -0.3 is 15.4 Å². The zero-order chi connectivity index (χ0) is 18.9. The van der Waals surface area contributed by atoms with Gasteiger partial charge in [-0.1, -0.05) is 6.92 Å². The second-order valence-corrected chi connectivity index (χ2v) is 9.37. The van der Waals surface area contributed by atoms with Crippen molar-refractivity contribution in [3.8, 4) is 5.75 Å². The van der Waals surface area contributed by atoms with E-state index in [0.29, 0.717) is 38.3 Å². The molecule has 1 aromatic rings. The van der Waals surface area contributed by atoms with Crippen LogP contribution < -0.4 is 10.5 Å². The number of carbonyl (C=O) groups is 1. The first-order valence-electron chi connectivity index (χ1n) is 8.98. The number of amides is 1. The SMILES string of the molecule is COc1ccc(C(=O)N2CCC(C)(CN)C2)cc1S(=O)(=O)N1CCCC1.Cl. The monoisotopic (exact) mass is 417 g/mol. The van der Waals surface area contributed by atoms with E-state index < -0.39 is 10.0 Å². The molecule has 0 aromatic heterocycles. The van der Waals surface area contributed by atoms with Crippen molar-refractivity contribution in [2.45, 2.75) is 31.1 Å². The van der Waals surface area contributed by atoms with Crippen molar-refractivity contribution in [2.24, 2.45) is 11.1 Å². The summed E-state index contributed by atoms with van der Waals surface area (Å²) >= 11 is 0. The predicted octanol–water partition coefficient (Wildman–Crippen LogP) is 1.71. The fraction of sp³-hybridized carbons (Fsp3) is 0.611. The van der Waals surface area contributed by atoms with Crippen molar-refractivity contribution in [3.63, 3.8) is 0 Å². The predicted molar refractivity (Wildman–Crippen MR) is 106 cm³/mol. The summed E-state index contributed by atoms with van der Waals surface area (Å²) in [7, 11) is -2.23. The smallest absolute Gasteiger partial charge is 0.253 e. The Balaban J connectivity index is 0.00000261. The van der Waals surface area contributed by atoms with Gasteiger partial charge in [-0.3, -0.25) is 4.79 Å². The Morgan fingerprint density at radius 2 is 1.93 bits per heavy atom. The molecule has 2 saturated heterocycles. The maximum atomic E-state index is 13.0. The normalized spacial score (nSPS) is 23.3. The van der Waals surface area contributed by atoms with Crippen LogP contribution in [0.2, 0.25) is 0 Å². The third-order valence-electron chi connectivity index (χ3n) is 5.43. The van der Waals surface area contributed by atoms with Crippen molar-refractivity contribution in [2.75, 3.05) is 39.8 Å². The highest BCUT2D eigenvalue weighted by molar-refractivity contribution is 7.89. The lowest BCUT2D eigenvalue weighted by molar-refractivity contribution is 0.0776. The van der Waals surface area contributed by atoms with Gasteiger partial charge in [0.05, 0.1) is 7.11 Å². The fourth-order valence-electron chi connectivity index (χ4n) is 3.63. The van der Waals surface area contributed by atoms with Crippen molar-refractivity contribution in [1.82, 2.24) is 9.21 Å². The van der Waals surface area contributed by atoms with Crippen LogP contribution >= 0.6 is 12.4 Å². The molecule has 0 radical (unpaired) electrons. The van der Waals surface area contributed by atoms with Crippen molar-refractivity contribution >= 4 is 28.3 Å². The number of carbonyl (C=O) groups excluding carboxylic acids is 1. The van der Waals surface area contributed by atoms with Gasteiger partial charge in [-0.2, -0.15) is 4.31 Å². The van der Waals surface area contributed by atoms with Crippen LogP contribution in [0.1, 0.15) is 36.5 Å². The van der Waals surface area contributed by atoms with Crippen LogP contribution in [0.5, 0.6) is 5.75 Å². The topological polar surface area (TPSA) is 92.9 Å². The summed E-state index contributed by atoms with van der Waals surface area (Å²) in [6.45, 7) is 4.82. The van der Waals surface area contributed by atoms with E-state index in [9.17, 15) is 13.2 Å². The molecule has 2 N–H and O–H groups in total. The maximum Gasteiger partial charge on any atom is 0.253 e. The minimum Gasteiger partial charge on any atom is -0.495 e. The van der Waals surface area contributed by atoms with Gasteiger partial charge >= 0.3 is 0 Å². The van der Waals surface area contributed by atoms with Crippen molar-refractivity contribution < 1.29 is 17.9 Å². The molecule has 27 heavy (non-hydrogen) atoms. The first-order chi connectivity index (χ1) is 12.3. The molecular formula is C18H28ClN3O4S. The second-order valence-electron chi connectivity index (χ2n) is 7.47. The standard InChI is InChI=1S/C18H27N3O4S.ClH/c1-18(12-19)7-10-20(13-18)17(22)14-5-6-15(25-2)16(11-14)26(23,24)21-8-3-4-9-21;/h5-6,11H,3-4,7-10,12-13,19H2,1-2H3;1H. The summed E-state index contributed by atoms with van der Waals surface area (Å²) in [6, 6.07) is 4.64. The van der Waals surface area contributed by atoms with Crippen LogP contribution in [0.4, 0.5) is 0 Å². The molecule has 2 aliphatic rings. The van der Waals surface area contributed by atoms with Crippen molar-refractivity contribution in [3.05, 3.63) is 23.8 Å². The Labute approximate surface area is 167 Å². The maximum absolute atomic E-state index is 13.0. The number of rotatable bonds is 5. The van der Waals surface area contributed by atoms with Gasteiger partial charge in [-0.15, -0.1) is 12.4 Å². The molecule has 0 bridgehead atoms. The van der Waals surface area contributed by atoms with Crippen LogP contribution in [0.3, 0.4) is 0 Å². The van der Waals surface area contributed by atoms with E-state index in [2.05, 4.69) is 6.92 Å². The number of methoxy groups -OCH3 is 1.